The van der Waals surface area contributed by atoms with E-state index in [0.29, 0.717) is 17.0 Å². The Morgan fingerprint density at radius 1 is 1.52 bits per heavy atom. The van der Waals surface area contributed by atoms with Crippen molar-refractivity contribution < 1.29 is 13.3 Å². The van der Waals surface area contributed by atoms with Crippen LogP contribution in [0.1, 0.15) is 10.7 Å². The molecule has 0 spiro atoms. The van der Waals surface area contributed by atoms with Crippen LogP contribution in [-0.2, 0) is 16.6 Å². The predicted octanol–water partition coefficient (Wildman–Crippen LogP) is 1.19. The zero-order chi connectivity index (χ0) is 15.6. The standard InChI is InChI=1S/C9H11N5O4S3/c1-5-12-6(4-19-5)3-11-21(17,18)8-2-7(14(15)16)9(13-10)20-8/h2,4,11,13H,3,10H2,1H3. The molecule has 114 valence electrons. The predicted molar refractivity (Wildman–Crippen MR) is 79.7 cm³/mol. The van der Waals surface area contributed by atoms with Gasteiger partial charge in [0.25, 0.3) is 10.0 Å². The molecule has 12 heteroatoms. The lowest BCUT2D eigenvalue weighted by Crippen LogP contribution is -2.22. The fourth-order valence-corrected chi connectivity index (χ4v) is 4.35. The van der Waals surface area contributed by atoms with Crippen molar-refractivity contribution in [2.75, 3.05) is 5.43 Å². The molecule has 0 saturated carbocycles. The molecule has 0 amide bonds. The summed E-state index contributed by atoms with van der Waals surface area (Å²) in [5.41, 5.74) is 2.33. The largest absolute Gasteiger partial charge is 0.310 e. The van der Waals surface area contributed by atoms with Crippen molar-refractivity contribution in [3.63, 3.8) is 0 Å². The van der Waals surface area contributed by atoms with Gasteiger partial charge in [0.15, 0.2) is 5.00 Å². The number of nitro groups is 1. The number of thiophene rings is 1. The Kier molecular flexibility index (Phi) is 4.53. The van der Waals surface area contributed by atoms with Crippen molar-refractivity contribution in [2.45, 2.75) is 17.7 Å². The summed E-state index contributed by atoms with van der Waals surface area (Å²) in [4.78, 5) is 14.2. The molecule has 0 bridgehead atoms. The third-order valence-corrected chi connectivity index (χ3v) is 6.15. The first-order valence-electron chi connectivity index (χ1n) is 5.49. The van der Waals surface area contributed by atoms with E-state index < -0.39 is 14.9 Å². The van der Waals surface area contributed by atoms with Gasteiger partial charge >= 0.3 is 5.69 Å². The van der Waals surface area contributed by atoms with E-state index in [4.69, 9.17) is 5.84 Å². The molecule has 0 atom stereocenters. The topological polar surface area (TPSA) is 140 Å². The number of nitrogens with zero attached hydrogens (tertiary/aromatic N) is 2. The van der Waals surface area contributed by atoms with Crippen LogP contribution in [0, 0.1) is 17.0 Å². The van der Waals surface area contributed by atoms with Gasteiger partial charge in [0.05, 0.1) is 22.2 Å². The number of thiazole rings is 1. The van der Waals surface area contributed by atoms with E-state index in [1.165, 1.54) is 11.3 Å². The second-order valence-corrected chi connectivity index (χ2v) is 7.97. The Balaban J connectivity index is 2.21. The summed E-state index contributed by atoms with van der Waals surface area (Å²) < 4.78 is 26.4. The average molecular weight is 349 g/mol. The Hall–Kier alpha value is -1.60. The highest BCUT2D eigenvalue weighted by molar-refractivity contribution is 7.91. The summed E-state index contributed by atoms with van der Waals surface area (Å²) in [5.74, 6) is 5.14. The van der Waals surface area contributed by atoms with Crippen molar-refractivity contribution in [3.05, 3.63) is 32.3 Å². The molecule has 2 aromatic heterocycles. The van der Waals surface area contributed by atoms with Gasteiger partial charge in [-0.15, -0.1) is 11.3 Å². The van der Waals surface area contributed by atoms with Crippen LogP contribution in [0.15, 0.2) is 15.7 Å². The lowest BCUT2D eigenvalue weighted by molar-refractivity contribution is -0.383. The van der Waals surface area contributed by atoms with Gasteiger partial charge in [-0.3, -0.25) is 10.1 Å². The molecule has 0 aromatic carbocycles. The van der Waals surface area contributed by atoms with Crippen molar-refractivity contribution >= 4 is 43.4 Å². The highest BCUT2D eigenvalue weighted by atomic mass is 32.2. The molecule has 2 aromatic rings. The summed E-state index contributed by atoms with van der Waals surface area (Å²) in [5, 5.41) is 13.3. The van der Waals surface area contributed by atoms with Crippen LogP contribution in [0.4, 0.5) is 10.7 Å². The van der Waals surface area contributed by atoms with Crippen LogP contribution in [-0.4, -0.2) is 18.3 Å². The number of rotatable bonds is 6. The summed E-state index contributed by atoms with van der Waals surface area (Å²) >= 11 is 2.09. The number of anilines is 1. The fraction of sp³-hybridized carbons (Fsp3) is 0.222. The van der Waals surface area contributed by atoms with Gasteiger partial charge in [-0.1, -0.05) is 11.3 Å². The first-order chi connectivity index (χ1) is 9.83. The number of hydrogen-bond acceptors (Lipinski definition) is 9. The minimum Gasteiger partial charge on any atom is -0.310 e. The van der Waals surface area contributed by atoms with E-state index in [1.807, 2.05) is 6.92 Å². The molecule has 4 N–H and O–H groups in total. The Morgan fingerprint density at radius 3 is 2.71 bits per heavy atom. The van der Waals surface area contributed by atoms with Crippen molar-refractivity contribution in [3.8, 4) is 0 Å². The zero-order valence-corrected chi connectivity index (χ0v) is 13.1. The third kappa shape index (κ3) is 3.54. The number of aryl methyl sites for hydroxylation is 1. The molecule has 0 aliphatic heterocycles. The third-order valence-electron chi connectivity index (χ3n) is 2.39. The molecule has 0 unspecified atom stereocenters. The maximum absolute atomic E-state index is 12.1. The van der Waals surface area contributed by atoms with Crippen LogP contribution in [0.5, 0.6) is 0 Å². The highest BCUT2D eigenvalue weighted by Crippen LogP contribution is 2.36. The van der Waals surface area contributed by atoms with Gasteiger partial charge < -0.3 is 5.43 Å². The summed E-state index contributed by atoms with van der Waals surface area (Å²) in [6, 6.07) is 0.967. The second kappa shape index (κ2) is 6.03. The molecule has 0 radical (unpaired) electrons. The van der Waals surface area contributed by atoms with E-state index >= 15 is 0 Å². The summed E-state index contributed by atoms with van der Waals surface area (Å²) in [6.45, 7) is 1.83. The number of hydrogen-bond donors (Lipinski definition) is 3. The SMILES string of the molecule is Cc1nc(CNS(=O)(=O)c2cc([N+](=O)[O-])c(NN)s2)cs1. The van der Waals surface area contributed by atoms with Crippen molar-refractivity contribution in [1.29, 1.82) is 0 Å². The van der Waals surface area contributed by atoms with Crippen LogP contribution in [0.25, 0.3) is 0 Å². The van der Waals surface area contributed by atoms with Gasteiger partial charge in [0.2, 0.25) is 0 Å². The highest BCUT2D eigenvalue weighted by Gasteiger charge is 2.25. The molecule has 9 nitrogen and oxygen atoms in total. The number of nitrogens with one attached hydrogen (secondary N) is 2. The Bertz CT molecular complexity index is 766. The van der Waals surface area contributed by atoms with Gasteiger partial charge in [0, 0.05) is 11.4 Å². The van der Waals surface area contributed by atoms with Gasteiger partial charge in [-0.05, 0) is 6.92 Å². The lowest BCUT2D eigenvalue weighted by atomic mass is 10.5. The van der Waals surface area contributed by atoms with Crippen LogP contribution >= 0.6 is 22.7 Å². The smallest absolute Gasteiger partial charge is 0.306 e. The first kappa shape index (κ1) is 15.8. The number of nitrogen functional groups attached to an aromatic ring is 1. The first-order valence-corrected chi connectivity index (χ1v) is 8.67. The molecule has 0 fully saturated rings. The zero-order valence-electron chi connectivity index (χ0n) is 10.7. The van der Waals surface area contributed by atoms with E-state index in [0.717, 1.165) is 11.1 Å². The van der Waals surface area contributed by atoms with E-state index in [1.54, 1.807) is 5.38 Å². The van der Waals surface area contributed by atoms with Crippen LogP contribution < -0.4 is 16.0 Å². The van der Waals surface area contributed by atoms with E-state index in [2.05, 4.69) is 15.1 Å². The second-order valence-electron chi connectivity index (χ2n) is 3.86. The summed E-state index contributed by atoms with van der Waals surface area (Å²) in [7, 11) is -3.86. The van der Waals surface area contributed by atoms with Crippen molar-refractivity contribution in [2.24, 2.45) is 5.84 Å². The molecular formula is C9H11N5O4S3. The molecule has 2 rings (SSSR count). The maximum Gasteiger partial charge on any atom is 0.306 e. The number of aromatic nitrogens is 1. The molecular weight excluding hydrogens is 338 g/mol. The van der Waals surface area contributed by atoms with E-state index in [-0.39, 0.29) is 21.4 Å². The van der Waals surface area contributed by atoms with Gasteiger partial charge in [-0.25, -0.2) is 24.0 Å². The van der Waals surface area contributed by atoms with E-state index in [9.17, 15) is 18.5 Å². The number of hydrazine groups is 1. The van der Waals surface area contributed by atoms with Crippen LogP contribution in [0.3, 0.4) is 0 Å². The lowest BCUT2D eigenvalue weighted by Gasteiger charge is -2.01. The summed E-state index contributed by atoms with van der Waals surface area (Å²) in [6.07, 6.45) is 0. The van der Waals surface area contributed by atoms with Gasteiger partial charge in [0.1, 0.15) is 4.21 Å². The van der Waals surface area contributed by atoms with Crippen LogP contribution in [0.2, 0.25) is 0 Å². The van der Waals surface area contributed by atoms with Crippen molar-refractivity contribution in [1.82, 2.24) is 9.71 Å². The number of nitrogens with two attached hydrogens (primary N) is 1. The Labute approximate surface area is 128 Å². The average Bonchev–Trinajstić information content (AvgIpc) is 3.02. The molecule has 0 aliphatic rings. The Morgan fingerprint density at radius 2 is 2.24 bits per heavy atom. The molecule has 0 saturated heterocycles. The monoisotopic (exact) mass is 349 g/mol. The molecule has 2 heterocycles. The normalized spacial score (nSPS) is 11.5. The number of sulfonamides is 1. The van der Waals surface area contributed by atoms with Gasteiger partial charge in [-0.2, -0.15) is 0 Å². The maximum atomic E-state index is 12.1. The quantitative estimate of drug-likeness (QED) is 0.404. The molecule has 21 heavy (non-hydrogen) atoms. The minimum absolute atomic E-state index is 0.0176. The molecule has 0 aliphatic carbocycles. The minimum atomic E-state index is -3.86. The fourth-order valence-electron chi connectivity index (χ4n) is 1.46.